The second-order valence-electron chi connectivity index (χ2n) is 7.59. The molecule has 0 aliphatic rings. The summed E-state index contributed by atoms with van der Waals surface area (Å²) in [5.41, 5.74) is 2.13. The number of thiazole rings is 1. The summed E-state index contributed by atoms with van der Waals surface area (Å²) < 4.78 is 11.5. The zero-order valence-electron chi connectivity index (χ0n) is 18.4. The fourth-order valence-electron chi connectivity index (χ4n) is 3.44. The highest BCUT2D eigenvalue weighted by atomic mass is 32.1. The number of ether oxygens (including phenoxy) is 1. The van der Waals surface area contributed by atoms with Crippen molar-refractivity contribution in [1.82, 2.24) is 4.98 Å². The van der Waals surface area contributed by atoms with E-state index >= 15 is 0 Å². The van der Waals surface area contributed by atoms with Crippen molar-refractivity contribution < 1.29 is 13.9 Å². The van der Waals surface area contributed by atoms with E-state index in [-0.39, 0.29) is 5.56 Å². The molecule has 0 saturated carbocycles. The number of hydrogen-bond acceptors (Lipinski definition) is 7. The van der Waals surface area contributed by atoms with Gasteiger partial charge in [-0.3, -0.25) is 4.79 Å². The Morgan fingerprint density at radius 3 is 2.68 bits per heavy atom. The molecule has 0 saturated heterocycles. The number of amides is 1. The molecular formula is C26H19N3O4S. The summed E-state index contributed by atoms with van der Waals surface area (Å²) in [5, 5.41) is 6.56. The lowest BCUT2D eigenvalue weighted by molar-refractivity contribution is 0.0984. The van der Waals surface area contributed by atoms with Crippen LogP contribution in [-0.4, -0.2) is 24.2 Å². The lowest BCUT2D eigenvalue weighted by Crippen LogP contribution is -2.30. The molecule has 0 radical (unpaired) electrons. The molecule has 3 aromatic carbocycles. The molecule has 0 spiro atoms. The van der Waals surface area contributed by atoms with Crippen LogP contribution < -0.4 is 15.4 Å². The van der Waals surface area contributed by atoms with E-state index in [1.165, 1.54) is 23.6 Å². The molecule has 5 aromatic rings. The van der Waals surface area contributed by atoms with Gasteiger partial charge in [0.05, 0.1) is 23.5 Å². The predicted octanol–water partition coefficient (Wildman–Crippen LogP) is 5.40. The van der Waals surface area contributed by atoms with Crippen molar-refractivity contribution in [3.63, 3.8) is 0 Å². The van der Waals surface area contributed by atoms with Gasteiger partial charge >= 0.3 is 5.63 Å². The fourth-order valence-corrected chi connectivity index (χ4v) is 4.46. The number of nitrogens with zero attached hydrogens (tertiary/aromatic N) is 3. The van der Waals surface area contributed by atoms with Crippen molar-refractivity contribution in [2.24, 2.45) is 5.10 Å². The highest BCUT2D eigenvalue weighted by molar-refractivity contribution is 7.22. The largest absolute Gasteiger partial charge is 0.497 e. The first-order valence-electron chi connectivity index (χ1n) is 10.4. The number of aryl methyl sites for hydroxylation is 1. The molecule has 7 nitrogen and oxygen atoms in total. The van der Waals surface area contributed by atoms with Crippen molar-refractivity contribution >= 4 is 49.8 Å². The van der Waals surface area contributed by atoms with Gasteiger partial charge in [0.25, 0.3) is 5.91 Å². The summed E-state index contributed by atoms with van der Waals surface area (Å²) in [7, 11) is 1.59. The molecule has 0 aliphatic heterocycles. The summed E-state index contributed by atoms with van der Waals surface area (Å²) in [6.07, 6.45) is 1.54. The van der Waals surface area contributed by atoms with Crippen LogP contribution in [0.3, 0.4) is 0 Å². The number of para-hydroxylation sites is 1. The summed E-state index contributed by atoms with van der Waals surface area (Å²) in [6, 6.07) is 21.6. The molecular weight excluding hydrogens is 450 g/mol. The van der Waals surface area contributed by atoms with Crippen molar-refractivity contribution in [2.45, 2.75) is 6.92 Å². The normalized spacial score (nSPS) is 11.4. The Morgan fingerprint density at radius 1 is 1.09 bits per heavy atom. The zero-order valence-corrected chi connectivity index (χ0v) is 19.2. The molecule has 0 unspecified atom stereocenters. The highest BCUT2D eigenvalue weighted by Gasteiger charge is 2.25. The molecule has 0 atom stereocenters. The van der Waals surface area contributed by atoms with Crippen LogP contribution in [0.1, 0.15) is 21.5 Å². The predicted molar refractivity (Wildman–Crippen MR) is 134 cm³/mol. The van der Waals surface area contributed by atoms with Crippen molar-refractivity contribution in [3.05, 3.63) is 99.9 Å². The van der Waals surface area contributed by atoms with Crippen LogP contribution in [0, 0.1) is 6.92 Å². The highest BCUT2D eigenvalue weighted by Crippen LogP contribution is 2.30. The number of benzene rings is 3. The van der Waals surface area contributed by atoms with Gasteiger partial charge in [-0.15, -0.1) is 0 Å². The van der Waals surface area contributed by atoms with Crippen molar-refractivity contribution in [3.8, 4) is 5.75 Å². The third-order valence-electron chi connectivity index (χ3n) is 5.22. The van der Waals surface area contributed by atoms with E-state index in [1.807, 2.05) is 43.3 Å². The third-order valence-corrected chi connectivity index (χ3v) is 6.21. The first-order valence-corrected chi connectivity index (χ1v) is 11.3. The minimum Gasteiger partial charge on any atom is -0.497 e. The van der Waals surface area contributed by atoms with Crippen LogP contribution in [0.4, 0.5) is 5.13 Å². The molecule has 1 amide bonds. The number of rotatable bonds is 5. The van der Waals surface area contributed by atoms with E-state index in [0.29, 0.717) is 21.9 Å². The van der Waals surface area contributed by atoms with Crippen molar-refractivity contribution in [1.29, 1.82) is 0 Å². The smallest absolute Gasteiger partial charge is 0.349 e. The summed E-state index contributed by atoms with van der Waals surface area (Å²) in [4.78, 5) is 30.8. The van der Waals surface area contributed by atoms with Crippen molar-refractivity contribution in [2.75, 3.05) is 12.1 Å². The lowest BCUT2D eigenvalue weighted by atomic mass is 10.2. The molecule has 8 heteroatoms. The molecule has 168 valence electrons. The summed E-state index contributed by atoms with van der Waals surface area (Å²) in [6.45, 7) is 1.99. The lowest BCUT2D eigenvalue weighted by Gasteiger charge is -2.13. The Balaban J connectivity index is 1.60. The number of aromatic nitrogens is 1. The number of methoxy groups -OCH3 is 1. The standard InChI is InChI=1S/C26H19N3O4S/c1-16-7-12-21-23(13-16)34-26(28-21)29(27-15-17-8-10-19(32-2)11-9-17)24(30)20-14-18-5-3-4-6-22(18)33-25(20)31/h3-15H,1-2H3/b27-15+. The average molecular weight is 470 g/mol. The number of fused-ring (bicyclic) bond motifs is 2. The SMILES string of the molecule is COc1ccc(/C=N/N(C(=O)c2cc3ccccc3oc2=O)c2nc3ccc(C)cc3s2)cc1. The van der Waals surface area contributed by atoms with E-state index in [4.69, 9.17) is 9.15 Å². The summed E-state index contributed by atoms with van der Waals surface area (Å²) in [5.74, 6) is 0.0837. The molecule has 34 heavy (non-hydrogen) atoms. The average Bonchev–Trinajstić information content (AvgIpc) is 3.26. The topological polar surface area (TPSA) is 85.0 Å². The van der Waals surface area contributed by atoms with E-state index in [1.54, 1.807) is 37.4 Å². The molecule has 5 rings (SSSR count). The monoisotopic (exact) mass is 469 g/mol. The zero-order chi connectivity index (χ0) is 23.7. The molecule has 0 aliphatic carbocycles. The van der Waals surface area contributed by atoms with E-state index < -0.39 is 11.5 Å². The summed E-state index contributed by atoms with van der Waals surface area (Å²) >= 11 is 1.32. The number of carbonyl (C=O) groups excluding carboxylic acids is 1. The number of hydrazone groups is 1. The maximum Gasteiger partial charge on any atom is 0.349 e. The maximum absolute atomic E-state index is 13.6. The molecule has 2 aromatic heterocycles. The van der Waals surface area contributed by atoms with Crippen LogP contribution in [0.2, 0.25) is 0 Å². The minimum absolute atomic E-state index is 0.124. The Labute approximate surface area is 198 Å². The van der Waals surface area contributed by atoms with E-state index in [2.05, 4.69) is 10.1 Å². The molecule has 0 fully saturated rings. The van der Waals surface area contributed by atoms with Crippen LogP contribution >= 0.6 is 11.3 Å². The quantitative estimate of drug-likeness (QED) is 0.195. The number of hydrogen-bond donors (Lipinski definition) is 0. The van der Waals surface area contributed by atoms with Crippen LogP contribution in [-0.2, 0) is 0 Å². The number of anilines is 1. The molecule has 0 bridgehead atoms. The van der Waals surface area contributed by atoms with E-state index in [0.717, 1.165) is 26.4 Å². The Bertz CT molecular complexity index is 1600. The Kier molecular flexibility index (Phi) is 5.65. The van der Waals surface area contributed by atoms with Gasteiger partial charge in [-0.25, -0.2) is 9.78 Å². The number of carbonyl (C=O) groups is 1. The Hall–Kier alpha value is -4.30. The minimum atomic E-state index is -0.731. The van der Waals surface area contributed by atoms with Crippen LogP contribution in [0.15, 0.2) is 87.1 Å². The first kappa shape index (κ1) is 21.5. The van der Waals surface area contributed by atoms with E-state index in [9.17, 15) is 9.59 Å². The van der Waals surface area contributed by atoms with Gasteiger partial charge in [0, 0.05) is 5.39 Å². The van der Waals surface area contributed by atoms with Gasteiger partial charge in [0.2, 0.25) is 5.13 Å². The van der Waals surface area contributed by atoms with Gasteiger partial charge < -0.3 is 9.15 Å². The second kappa shape index (κ2) is 8.92. The maximum atomic E-state index is 13.6. The Morgan fingerprint density at radius 2 is 1.88 bits per heavy atom. The van der Waals surface area contributed by atoms with Gasteiger partial charge in [-0.2, -0.15) is 10.1 Å². The van der Waals surface area contributed by atoms with Gasteiger partial charge in [-0.1, -0.05) is 35.6 Å². The van der Waals surface area contributed by atoms with Crippen LogP contribution in [0.25, 0.3) is 21.2 Å². The van der Waals surface area contributed by atoms with Crippen LogP contribution in [0.5, 0.6) is 5.75 Å². The first-order chi connectivity index (χ1) is 16.5. The third kappa shape index (κ3) is 4.18. The fraction of sp³-hybridized carbons (Fsp3) is 0.0769. The molecule has 0 N–H and O–H groups in total. The van der Waals surface area contributed by atoms with Gasteiger partial charge in [0.15, 0.2) is 0 Å². The van der Waals surface area contributed by atoms with Gasteiger partial charge in [0.1, 0.15) is 16.9 Å². The molecule has 2 heterocycles. The second-order valence-corrected chi connectivity index (χ2v) is 8.60. The van der Waals surface area contributed by atoms with Gasteiger partial charge in [-0.05, 0) is 66.6 Å².